The van der Waals surface area contributed by atoms with E-state index in [4.69, 9.17) is 0 Å². The highest BCUT2D eigenvalue weighted by Gasteiger charge is 2.32. The van der Waals surface area contributed by atoms with E-state index in [1.807, 2.05) is 72.8 Å². The number of nitrogens with one attached hydrogen (secondary N) is 1. The zero-order valence-corrected chi connectivity index (χ0v) is 26.5. The summed E-state index contributed by atoms with van der Waals surface area (Å²) in [5, 5.41) is 92.5. The molecule has 8 aromatic carbocycles. The molecule has 0 spiro atoms. The van der Waals surface area contributed by atoms with Gasteiger partial charge in [-0.2, -0.15) is 0 Å². The molecule has 0 atom stereocenters. The quantitative estimate of drug-likeness (QED) is 0.0506. The van der Waals surface area contributed by atoms with Gasteiger partial charge in [0, 0.05) is 54.5 Å². The van der Waals surface area contributed by atoms with Crippen molar-refractivity contribution >= 4 is 54.1 Å². The number of phenolic OH excluding ortho intramolecular Hbond substituents is 8. The van der Waals surface area contributed by atoms with E-state index in [0.29, 0.717) is 16.5 Å². The first kappa shape index (κ1) is 29.8. The summed E-state index contributed by atoms with van der Waals surface area (Å²) in [6.07, 6.45) is 0. The molecule has 51 heavy (non-hydrogen) atoms. The van der Waals surface area contributed by atoms with Gasteiger partial charge in [0.25, 0.3) is 0 Å². The van der Waals surface area contributed by atoms with Crippen LogP contribution in [0.2, 0.25) is 0 Å². The van der Waals surface area contributed by atoms with Gasteiger partial charge in [-0.1, -0.05) is 97.1 Å². The molecule has 1 heterocycles. The van der Waals surface area contributed by atoms with Gasteiger partial charge in [0.05, 0.1) is 0 Å². The molecule has 0 aliphatic carbocycles. The largest absolute Gasteiger partial charge is 0.504 e. The van der Waals surface area contributed by atoms with E-state index in [-0.39, 0.29) is 32.7 Å². The third-order valence-corrected chi connectivity index (χ3v) is 9.87. The smallest absolute Gasteiger partial charge is 0.204 e. The minimum absolute atomic E-state index is 0.00737. The SMILES string of the molecule is Oc1c(O)c(O)c2c(-c3cccc4ccccc34)c3c(O)c(O)c(O)c(O)c3c(-c3ccc(-c4cccc5[nH]c6ccccc6c45)cc3)c2c1O. The Morgan fingerprint density at radius 1 is 0.314 bits per heavy atom. The second kappa shape index (κ2) is 10.6. The van der Waals surface area contributed by atoms with Crippen molar-refractivity contribution in [1.29, 1.82) is 0 Å². The third-order valence-electron chi connectivity index (χ3n) is 9.87. The van der Waals surface area contributed by atoms with Crippen LogP contribution in [-0.2, 0) is 0 Å². The highest BCUT2D eigenvalue weighted by Crippen LogP contribution is 2.62. The molecule has 1 aromatic heterocycles. The molecule has 9 nitrogen and oxygen atoms in total. The minimum atomic E-state index is -1.01. The van der Waals surface area contributed by atoms with E-state index in [1.165, 1.54) is 0 Å². The average Bonchev–Trinajstić information content (AvgIpc) is 3.55. The molecule has 0 unspecified atom stereocenters. The monoisotopic (exact) mass is 673 g/mol. The van der Waals surface area contributed by atoms with E-state index in [0.717, 1.165) is 38.3 Å². The number of aromatic amines is 1. The zero-order valence-electron chi connectivity index (χ0n) is 26.5. The van der Waals surface area contributed by atoms with Crippen molar-refractivity contribution in [1.82, 2.24) is 4.98 Å². The first-order chi connectivity index (χ1) is 24.7. The van der Waals surface area contributed by atoms with Gasteiger partial charge < -0.3 is 45.8 Å². The normalized spacial score (nSPS) is 11.8. The Balaban J connectivity index is 1.43. The lowest BCUT2D eigenvalue weighted by Crippen LogP contribution is -1.95. The van der Waals surface area contributed by atoms with Crippen LogP contribution in [0.25, 0.3) is 87.5 Å². The van der Waals surface area contributed by atoms with Gasteiger partial charge in [0.2, 0.25) is 23.0 Å². The number of benzene rings is 8. The van der Waals surface area contributed by atoms with Gasteiger partial charge in [-0.25, -0.2) is 0 Å². The maximum Gasteiger partial charge on any atom is 0.204 e. The molecule has 0 fully saturated rings. The van der Waals surface area contributed by atoms with Crippen molar-refractivity contribution in [3.8, 4) is 79.4 Å². The van der Waals surface area contributed by atoms with Gasteiger partial charge in [0.1, 0.15) is 0 Å². The Kier molecular flexibility index (Phi) is 6.21. The van der Waals surface area contributed by atoms with Crippen LogP contribution in [-0.4, -0.2) is 45.8 Å². The summed E-state index contributed by atoms with van der Waals surface area (Å²) >= 11 is 0. The van der Waals surface area contributed by atoms with Crippen molar-refractivity contribution < 1.29 is 40.9 Å². The maximum atomic E-state index is 11.6. The lowest BCUT2D eigenvalue weighted by atomic mass is 9.82. The molecular weight excluding hydrogens is 646 g/mol. The number of aromatic nitrogens is 1. The number of aromatic hydroxyl groups is 8. The zero-order chi connectivity index (χ0) is 35.3. The van der Waals surface area contributed by atoms with Crippen LogP contribution >= 0.6 is 0 Å². The van der Waals surface area contributed by atoms with Gasteiger partial charge in [-0.15, -0.1) is 0 Å². The van der Waals surface area contributed by atoms with E-state index in [1.54, 1.807) is 36.4 Å². The second-order valence-corrected chi connectivity index (χ2v) is 12.5. The molecule has 248 valence electrons. The number of phenols is 8. The predicted molar refractivity (Wildman–Crippen MR) is 198 cm³/mol. The molecule has 9 rings (SSSR count). The molecular formula is C42H27NO8. The summed E-state index contributed by atoms with van der Waals surface area (Å²) in [4.78, 5) is 3.45. The minimum Gasteiger partial charge on any atom is -0.504 e. The van der Waals surface area contributed by atoms with Crippen molar-refractivity contribution in [3.63, 3.8) is 0 Å². The Morgan fingerprint density at radius 3 is 1.39 bits per heavy atom. The molecule has 0 amide bonds. The summed E-state index contributed by atoms with van der Waals surface area (Å²) in [5.74, 6) is -7.34. The predicted octanol–water partition coefficient (Wildman–Crippen LogP) is 9.43. The standard InChI is InChI=1S/C42H27NO8/c44-35-31-28(21-17-15-20(16-18-21)23-11-6-14-27-29(23)25-10-3-4-13-26(25)43-27)32-34(38(47)42(51)40(49)36(32)45)30(33(31)37(46)41(50)39(35)48)24-12-5-8-19-7-1-2-9-22(19)24/h1-18,43-51H. The van der Waals surface area contributed by atoms with E-state index < -0.39 is 46.0 Å². The third kappa shape index (κ3) is 4.03. The molecule has 0 saturated heterocycles. The molecule has 0 aliphatic rings. The number of hydrogen-bond donors (Lipinski definition) is 9. The van der Waals surface area contributed by atoms with E-state index >= 15 is 0 Å². The summed E-state index contributed by atoms with van der Waals surface area (Å²) < 4.78 is 0. The summed E-state index contributed by atoms with van der Waals surface area (Å²) in [6, 6.07) is 33.5. The molecule has 0 saturated carbocycles. The fourth-order valence-electron chi connectivity index (χ4n) is 7.58. The first-order valence-electron chi connectivity index (χ1n) is 16.0. The highest BCUT2D eigenvalue weighted by atomic mass is 16.4. The lowest BCUT2D eigenvalue weighted by molar-refractivity contribution is 0.350. The van der Waals surface area contributed by atoms with Crippen molar-refractivity contribution in [2.24, 2.45) is 0 Å². The van der Waals surface area contributed by atoms with E-state index in [9.17, 15) is 40.9 Å². The van der Waals surface area contributed by atoms with Crippen LogP contribution in [0.4, 0.5) is 0 Å². The topological polar surface area (TPSA) is 178 Å². The van der Waals surface area contributed by atoms with Crippen LogP contribution in [0.3, 0.4) is 0 Å². The number of fused-ring (bicyclic) bond motifs is 6. The number of rotatable bonds is 3. The Labute approximate surface area is 288 Å². The molecule has 0 aliphatic heterocycles. The molecule has 0 bridgehead atoms. The van der Waals surface area contributed by atoms with Gasteiger partial charge in [0.15, 0.2) is 23.0 Å². The molecule has 9 heteroatoms. The Morgan fingerprint density at radius 2 is 0.765 bits per heavy atom. The van der Waals surface area contributed by atoms with Crippen molar-refractivity contribution in [2.75, 3.05) is 0 Å². The lowest BCUT2D eigenvalue weighted by Gasteiger charge is -2.23. The molecule has 9 aromatic rings. The highest BCUT2D eigenvalue weighted by molar-refractivity contribution is 6.30. The van der Waals surface area contributed by atoms with Gasteiger partial charge in [-0.05, 0) is 45.2 Å². The first-order valence-corrected chi connectivity index (χ1v) is 16.0. The summed E-state index contributed by atoms with van der Waals surface area (Å²) in [5.41, 5.74) is 4.42. The van der Waals surface area contributed by atoms with Crippen LogP contribution in [0.15, 0.2) is 109 Å². The average molecular weight is 674 g/mol. The summed E-state index contributed by atoms with van der Waals surface area (Å²) in [6.45, 7) is 0. The van der Waals surface area contributed by atoms with Crippen LogP contribution in [0, 0.1) is 0 Å². The second-order valence-electron chi connectivity index (χ2n) is 12.5. The van der Waals surface area contributed by atoms with Crippen LogP contribution < -0.4 is 0 Å². The summed E-state index contributed by atoms with van der Waals surface area (Å²) in [7, 11) is 0. The van der Waals surface area contributed by atoms with Crippen molar-refractivity contribution in [2.45, 2.75) is 0 Å². The van der Waals surface area contributed by atoms with E-state index in [2.05, 4.69) is 4.98 Å². The molecule has 9 N–H and O–H groups in total. The number of hydrogen-bond acceptors (Lipinski definition) is 8. The fourth-order valence-corrected chi connectivity index (χ4v) is 7.58. The van der Waals surface area contributed by atoms with Gasteiger partial charge in [-0.3, -0.25) is 0 Å². The van der Waals surface area contributed by atoms with Gasteiger partial charge >= 0.3 is 0 Å². The Bertz CT molecular complexity index is 2860. The Hall–Kier alpha value is -7.26. The number of para-hydroxylation sites is 1. The maximum absolute atomic E-state index is 11.6. The number of H-pyrrole nitrogens is 1. The van der Waals surface area contributed by atoms with Crippen LogP contribution in [0.1, 0.15) is 0 Å². The fraction of sp³-hybridized carbons (Fsp3) is 0. The van der Waals surface area contributed by atoms with Crippen LogP contribution in [0.5, 0.6) is 46.0 Å². The molecule has 0 radical (unpaired) electrons. The van der Waals surface area contributed by atoms with Crippen molar-refractivity contribution in [3.05, 3.63) is 109 Å².